The van der Waals surface area contributed by atoms with E-state index in [0.717, 1.165) is 30.6 Å². The highest BCUT2D eigenvalue weighted by Crippen LogP contribution is 2.21. The van der Waals surface area contributed by atoms with Crippen LogP contribution in [0.4, 0.5) is 5.69 Å². The maximum Gasteiger partial charge on any atom is 0.121 e. The zero-order valence-corrected chi connectivity index (χ0v) is 11.1. The highest BCUT2D eigenvalue weighted by atomic mass is 32.2. The van der Waals surface area contributed by atoms with Gasteiger partial charge in [-0.05, 0) is 31.4 Å². The number of ether oxygens (including phenoxy) is 1. The number of hydrogen-bond acceptors (Lipinski definition) is 4. The highest BCUT2D eigenvalue weighted by Gasteiger charge is 2.19. The molecule has 17 heavy (non-hydrogen) atoms. The van der Waals surface area contributed by atoms with E-state index >= 15 is 0 Å². The first-order chi connectivity index (χ1) is 8.25. The molecule has 1 fully saturated rings. The van der Waals surface area contributed by atoms with E-state index < -0.39 is 0 Å². The number of nitrogens with two attached hydrogens (primary N) is 1. The van der Waals surface area contributed by atoms with Crippen molar-refractivity contribution in [2.24, 2.45) is 0 Å². The lowest BCUT2D eigenvalue weighted by Crippen LogP contribution is -2.34. The first-order valence-electron chi connectivity index (χ1n) is 6.02. The normalized spacial score (nSPS) is 19.8. The molecule has 1 heterocycles. The Morgan fingerprint density at radius 3 is 3.12 bits per heavy atom. The summed E-state index contributed by atoms with van der Waals surface area (Å²) < 4.78 is 5.69. The van der Waals surface area contributed by atoms with Gasteiger partial charge in [-0.3, -0.25) is 4.90 Å². The SMILES string of the molecule is CN(CCOc1cccc(N)c1)C1CCSC1. The first kappa shape index (κ1) is 12.6. The van der Waals surface area contributed by atoms with Crippen LogP contribution in [0.2, 0.25) is 0 Å². The molecule has 1 aromatic rings. The van der Waals surface area contributed by atoms with Crippen LogP contribution in [0.15, 0.2) is 24.3 Å². The van der Waals surface area contributed by atoms with E-state index in [9.17, 15) is 0 Å². The van der Waals surface area contributed by atoms with Gasteiger partial charge in [0.05, 0.1) is 0 Å². The average Bonchev–Trinajstić information content (AvgIpc) is 2.82. The van der Waals surface area contributed by atoms with E-state index in [1.165, 1.54) is 17.9 Å². The van der Waals surface area contributed by atoms with Gasteiger partial charge in [0.25, 0.3) is 0 Å². The number of benzene rings is 1. The maximum absolute atomic E-state index is 5.70. The van der Waals surface area contributed by atoms with Gasteiger partial charge in [-0.15, -0.1) is 0 Å². The topological polar surface area (TPSA) is 38.5 Å². The summed E-state index contributed by atoms with van der Waals surface area (Å²) in [7, 11) is 2.18. The zero-order chi connectivity index (χ0) is 12.1. The molecule has 1 unspecified atom stereocenters. The predicted octanol–water partition coefficient (Wildman–Crippen LogP) is 2.08. The van der Waals surface area contributed by atoms with Crippen molar-refractivity contribution >= 4 is 17.4 Å². The molecule has 0 aromatic heterocycles. The third kappa shape index (κ3) is 3.82. The molecule has 1 saturated heterocycles. The van der Waals surface area contributed by atoms with Crippen LogP contribution in [0.3, 0.4) is 0 Å². The second-order valence-corrected chi connectivity index (χ2v) is 5.57. The van der Waals surface area contributed by atoms with Crippen molar-refractivity contribution in [3.05, 3.63) is 24.3 Å². The molecule has 0 saturated carbocycles. The largest absolute Gasteiger partial charge is 0.492 e. The average molecular weight is 252 g/mol. The Kier molecular flexibility index (Phi) is 4.57. The van der Waals surface area contributed by atoms with Crippen LogP contribution in [0.5, 0.6) is 5.75 Å². The molecule has 1 atom stereocenters. The Morgan fingerprint density at radius 2 is 2.41 bits per heavy atom. The third-order valence-corrected chi connectivity index (χ3v) is 4.24. The van der Waals surface area contributed by atoms with Gasteiger partial charge < -0.3 is 10.5 Å². The van der Waals surface area contributed by atoms with Gasteiger partial charge in [0.2, 0.25) is 0 Å². The van der Waals surface area contributed by atoms with Crippen molar-refractivity contribution in [1.82, 2.24) is 4.90 Å². The monoisotopic (exact) mass is 252 g/mol. The van der Waals surface area contributed by atoms with Crippen molar-refractivity contribution in [3.63, 3.8) is 0 Å². The number of hydrogen-bond donors (Lipinski definition) is 1. The van der Waals surface area contributed by atoms with Crippen molar-refractivity contribution in [2.75, 3.05) is 37.4 Å². The summed E-state index contributed by atoms with van der Waals surface area (Å²) in [5.74, 6) is 3.42. The Labute approximate surface area is 107 Å². The smallest absolute Gasteiger partial charge is 0.121 e. The highest BCUT2D eigenvalue weighted by molar-refractivity contribution is 7.99. The van der Waals surface area contributed by atoms with Crippen LogP contribution in [-0.2, 0) is 0 Å². The maximum atomic E-state index is 5.70. The molecule has 0 bridgehead atoms. The summed E-state index contributed by atoms with van der Waals surface area (Å²) in [5.41, 5.74) is 6.45. The number of nitrogen functional groups attached to an aromatic ring is 1. The van der Waals surface area contributed by atoms with Crippen molar-refractivity contribution < 1.29 is 4.74 Å². The second kappa shape index (κ2) is 6.17. The van der Waals surface area contributed by atoms with Gasteiger partial charge in [-0.2, -0.15) is 11.8 Å². The van der Waals surface area contributed by atoms with E-state index in [-0.39, 0.29) is 0 Å². The molecule has 0 spiro atoms. The van der Waals surface area contributed by atoms with Crippen LogP contribution < -0.4 is 10.5 Å². The number of thioether (sulfide) groups is 1. The fraction of sp³-hybridized carbons (Fsp3) is 0.538. The summed E-state index contributed by atoms with van der Waals surface area (Å²) in [4.78, 5) is 2.40. The van der Waals surface area contributed by atoms with E-state index in [1.807, 2.05) is 36.0 Å². The molecular formula is C13H20N2OS. The molecule has 0 aliphatic carbocycles. The number of nitrogens with zero attached hydrogens (tertiary/aromatic N) is 1. The van der Waals surface area contributed by atoms with Crippen molar-refractivity contribution in [2.45, 2.75) is 12.5 Å². The van der Waals surface area contributed by atoms with E-state index in [4.69, 9.17) is 10.5 Å². The number of anilines is 1. The standard InChI is InChI=1S/C13H20N2OS/c1-15(12-5-8-17-10-12)6-7-16-13-4-2-3-11(14)9-13/h2-4,9,12H,5-8,10,14H2,1H3. The van der Waals surface area contributed by atoms with E-state index in [2.05, 4.69) is 11.9 Å². The van der Waals surface area contributed by atoms with Crippen LogP contribution in [-0.4, -0.2) is 42.6 Å². The summed E-state index contributed by atoms with van der Waals surface area (Å²) in [5, 5.41) is 0. The minimum Gasteiger partial charge on any atom is -0.492 e. The number of likely N-dealkylation sites (N-methyl/N-ethyl adjacent to an activating group) is 1. The van der Waals surface area contributed by atoms with Crippen molar-refractivity contribution in [1.29, 1.82) is 0 Å². The minimum absolute atomic E-state index is 0.723. The molecule has 2 rings (SSSR count). The molecule has 0 radical (unpaired) electrons. The summed E-state index contributed by atoms with van der Waals surface area (Å²) >= 11 is 2.04. The van der Waals surface area contributed by atoms with Gasteiger partial charge >= 0.3 is 0 Å². The summed E-state index contributed by atoms with van der Waals surface area (Å²) in [6.07, 6.45) is 1.31. The minimum atomic E-state index is 0.723. The summed E-state index contributed by atoms with van der Waals surface area (Å²) in [6, 6.07) is 8.33. The fourth-order valence-corrected chi connectivity index (χ4v) is 3.26. The van der Waals surface area contributed by atoms with Crippen LogP contribution in [0.1, 0.15) is 6.42 Å². The molecule has 1 aliphatic rings. The molecule has 1 aliphatic heterocycles. The lowest BCUT2D eigenvalue weighted by Gasteiger charge is -2.23. The molecule has 1 aromatic carbocycles. The molecule has 3 nitrogen and oxygen atoms in total. The third-order valence-electron chi connectivity index (χ3n) is 3.10. The van der Waals surface area contributed by atoms with Crippen LogP contribution in [0, 0.1) is 0 Å². The van der Waals surface area contributed by atoms with Crippen LogP contribution in [0.25, 0.3) is 0 Å². The Bertz CT molecular complexity index is 353. The van der Waals surface area contributed by atoms with Gasteiger partial charge in [-0.1, -0.05) is 6.07 Å². The predicted molar refractivity (Wildman–Crippen MR) is 74.7 cm³/mol. The zero-order valence-electron chi connectivity index (χ0n) is 10.3. The quantitative estimate of drug-likeness (QED) is 0.814. The Hall–Kier alpha value is -0.870. The van der Waals surface area contributed by atoms with Crippen LogP contribution >= 0.6 is 11.8 Å². The lowest BCUT2D eigenvalue weighted by atomic mass is 10.2. The lowest BCUT2D eigenvalue weighted by molar-refractivity contribution is 0.202. The fourth-order valence-electron chi connectivity index (χ4n) is 1.96. The summed E-state index contributed by atoms with van der Waals surface area (Å²) in [6.45, 7) is 1.70. The van der Waals surface area contributed by atoms with Gasteiger partial charge in [0.15, 0.2) is 0 Å². The molecule has 2 N–H and O–H groups in total. The Balaban J connectivity index is 1.71. The van der Waals surface area contributed by atoms with Crippen molar-refractivity contribution in [3.8, 4) is 5.75 Å². The number of rotatable bonds is 5. The molecule has 4 heteroatoms. The van der Waals surface area contributed by atoms with E-state index in [1.54, 1.807) is 0 Å². The molecular weight excluding hydrogens is 232 g/mol. The van der Waals surface area contributed by atoms with Gasteiger partial charge in [0.1, 0.15) is 12.4 Å². The second-order valence-electron chi connectivity index (χ2n) is 4.42. The molecule has 0 amide bonds. The van der Waals surface area contributed by atoms with E-state index in [0.29, 0.717) is 0 Å². The molecule has 94 valence electrons. The van der Waals surface area contributed by atoms with Gasteiger partial charge in [-0.25, -0.2) is 0 Å². The van der Waals surface area contributed by atoms with Gasteiger partial charge in [0, 0.05) is 30.1 Å². The first-order valence-corrected chi connectivity index (χ1v) is 7.17. The Morgan fingerprint density at radius 1 is 1.53 bits per heavy atom.